The molecule has 0 saturated carbocycles. The molecule has 5 nitrogen and oxygen atoms in total. The molecule has 3 aromatic rings. The molecule has 1 unspecified atom stereocenters. The van der Waals surface area contributed by atoms with Crippen molar-refractivity contribution in [1.82, 2.24) is 0 Å². The first kappa shape index (κ1) is 24.4. The second-order valence-corrected chi connectivity index (χ2v) is 15.4. The van der Waals surface area contributed by atoms with E-state index in [4.69, 9.17) is 13.9 Å². The smallest absolute Gasteiger partial charge is 0.192 e. The summed E-state index contributed by atoms with van der Waals surface area (Å²) >= 11 is 0. The van der Waals surface area contributed by atoms with Crippen LogP contribution in [0.4, 0.5) is 0 Å². The third-order valence-electron chi connectivity index (χ3n) is 7.68. The molecule has 0 amide bonds. The van der Waals surface area contributed by atoms with Crippen molar-refractivity contribution in [2.24, 2.45) is 0 Å². The number of ether oxygens (including phenoxy) is 2. The monoisotopic (exact) mass is 480 g/mol. The number of phenolic OH excluding ortho intramolecular Hbond substituents is 2. The van der Waals surface area contributed by atoms with Gasteiger partial charge >= 0.3 is 0 Å². The van der Waals surface area contributed by atoms with Crippen LogP contribution in [0.5, 0.6) is 23.0 Å². The zero-order chi connectivity index (χ0) is 24.8. The Kier molecular flexibility index (Phi) is 6.34. The van der Waals surface area contributed by atoms with Crippen LogP contribution in [0, 0.1) is 0 Å². The maximum Gasteiger partial charge on any atom is 0.192 e. The number of fused-ring (bicyclic) bond motifs is 2. The fourth-order valence-corrected chi connectivity index (χ4v) is 6.20. The summed E-state index contributed by atoms with van der Waals surface area (Å²) in [4.78, 5) is 0. The first-order chi connectivity index (χ1) is 16.0. The molecule has 1 aliphatic carbocycles. The number of phenols is 2. The lowest BCUT2D eigenvalue weighted by molar-refractivity contribution is 0.159. The van der Waals surface area contributed by atoms with E-state index in [2.05, 4.69) is 39.9 Å². The first-order valence-electron chi connectivity index (χ1n) is 11.9. The molecule has 6 heteroatoms. The Balaban J connectivity index is 1.90. The second kappa shape index (κ2) is 8.82. The van der Waals surface area contributed by atoms with Crippen molar-refractivity contribution in [2.75, 3.05) is 14.2 Å². The van der Waals surface area contributed by atoms with Gasteiger partial charge in [0.25, 0.3) is 0 Å². The topological polar surface area (TPSA) is 68.2 Å². The van der Waals surface area contributed by atoms with Crippen molar-refractivity contribution in [2.45, 2.75) is 63.8 Å². The minimum Gasteiger partial charge on any atom is -0.508 e. The minimum absolute atomic E-state index is 0.0564. The Morgan fingerprint density at radius 1 is 0.794 bits per heavy atom. The lowest BCUT2D eigenvalue weighted by atomic mass is 9.76. The van der Waals surface area contributed by atoms with Crippen LogP contribution in [0.1, 0.15) is 62.3 Å². The molecule has 0 fully saturated rings. The maximum absolute atomic E-state index is 11.1. The van der Waals surface area contributed by atoms with Crippen LogP contribution in [0.3, 0.4) is 0 Å². The standard InChI is InChI=1S/C28H36O5Si/c1-28(2,3)34(6,7)33-22-14-12-17(25-19(22)9-8-10-20(25)29)18-11-13-21(30)27-24(32-5)16-15-23(31-4)26(18)27/h8-11,13,15-17,22,29-30H,12,14H2,1-7H3/t17?,22-/m1/s1. The lowest BCUT2D eigenvalue weighted by Gasteiger charge is -2.42. The van der Waals surface area contributed by atoms with E-state index in [9.17, 15) is 10.2 Å². The molecule has 0 radical (unpaired) electrons. The van der Waals surface area contributed by atoms with Gasteiger partial charge in [0, 0.05) is 16.9 Å². The van der Waals surface area contributed by atoms with Crippen LogP contribution in [-0.4, -0.2) is 32.8 Å². The molecule has 0 heterocycles. The summed E-state index contributed by atoms with van der Waals surface area (Å²) in [5.41, 5.74) is 2.94. The molecule has 34 heavy (non-hydrogen) atoms. The number of methoxy groups -OCH3 is 2. The van der Waals surface area contributed by atoms with Gasteiger partial charge in [-0.1, -0.05) is 39.0 Å². The Hall–Kier alpha value is -2.70. The molecule has 4 rings (SSSR count). The third-order valence-corrected chi connectivity index (χ3v) is 12.2. The van der Waals surface area contributed by atoms with Crippen molar-refractivity contribution in [3.8, 4) is 23.0 Å². The van der Waals surface area contributed by atoms with Crippen molar-refractivity contribution in [3.05, 3.63) is 59.2 Å². The maximum atomic E-state index is 11.1. The summed E-state index contributed by atoms with van der Waals surface area (Å²) in [6.45, 7) is 11.3. The van der Waals surface area contributed by atoms with Crippen LogP contribution in [-0.2, 0) is 4.43 Å². The van der Waals surface area contributed by atoms with E-state index in [1.54, 1.807) is 32.4 Å². The highest BCUT2D eigenvalue weighted by Crippen LogP contribution is 2.52. The second-order valence-electron chi connectivity index (χ2n) is 10.7. The van der Waals surface area contributed by atoms with E-state index in [1.165, 1.54) is 0 Å². The summed E-state index contributed by atoms with van der Waals surface area (Å²) in [6, 6.07) is 13.0. The van der Waals surface area contributed by atoms with Gasteiger partial charge in [-0.15, -0.1) is 0 Å². The average molecular weight is 481 g/mol. The first-order valence-corrected chi connectivity index (χ1v) is 14.8. The molecule has 182 valence electrons. The predicted octanol–water partition coefficient (Wildman–Crippen LogP) is 7.26. The van der Waals surface area contributed by atoms with Gasteiger partial charge < -0.3 is 24.1 Å². The Bertz CT molecular complexity index is 1210. The van der Waals surface area contributed by atoms with Crippen LogP contribution < -0.4 is 9.47 Å². The molecule has 0 aromatic heterocycles. The number of hydrogen-bond acceptors (Lipinski definition) is 5. The molecule has 0 saturated heterocycles. The highest BCUT2D eigenvalue weighted by Gasteiger charge is 2.42. The molecular formula is C28H36O5Si. The zero-order valence-electron chi connectivity index (χ0n) is 21.2. The van der Waals surface area contributed by atoms with E-state index < -0.39 is 8.32 Å². The Morgan fingerprint density at radius 2 is 1.44 bits per heavy atom. The van der Waals surface area contributed by atoms with E-state index >= 15 is 0 Å². The van der Waals surface area contributed by atoms with Gasteiger partial charge in [0.15, 0.2) is 8.32 Å². The van der Waals surface area contributed by atoms with Gasteiger partial charge in [-0.2, -0.15) is 0 Å². The summed E-state index contributed by atoms with van der Waals surface area (Å²) in [7, 11) is 1.22. The number of rotatable bonds is 5. The third kappa shape index (κ3) is 4.03. The number of hydrogen-bond donors (Lipinski definition) is 2. The molecule has 0 bridgehead atoms. The zero-order valence-corrected chi connectivity index (χ0v) is 22.2. The summed E-state index contributed by atoms with van der Waals surface area (Å²) < 4.78 is 18.1. The van der Waals surface area contributed by atoms with Crippen molar-refractivity contribution in [1.29, 1.82) is 0 Å². The molecule has 3 aromatic carbocycles. The van der Waals surface area contributed by atoms with E-state index in [-0.39, 0.29) is 28.6 Å². The van der Waals surface area contributed by atoms with Crippen molar-refractivity contribution >= 4 is 19.1 Å². The quantitative estimate of drug-likeness (QED) is 0.376. The number of aromatic hydroxyl groups is 2. The van der Waals surface area contributed by atoms with E-state index in [0.29, 0.717) is 16.9 Å². The SMILES string of the molecule is COc1ccc(OC)c2c(C3CC[C@@H](O[Si](C)(C)C(C)(C)C)c4cccc(O)c43)ccc(O)c12. The number of benzene rings is 3. The highest BCUT2D eigenvalue weighted by molar-refractivity contribution is 6.74. The highest BCUT2D eigenvalue weighted by atomic mass is 28.4. The molecule has 2 N–H and O–H groups in total. The Labute approximate surface area is 203 Å². The Morgan fingerprint density at radius 3 is 2.06 bits per heavy atom. The summed E-state index contributed by atoms with van der Waals surface area (Å²) in [5.74, 6) is 1.59. The van der Waals surface area contributed by atoms with Crippen molar-refractivity contribution in [3.63, 3.8) is 0 Å². The molecular weight excluding hydrogens is 444 g/mol. The average Bonchev–Trinajstić information content (AvgIpc) is 2.78. The van der Waals surface area contributed by atoms with Gasteiger partial charge in [-0.25, -0.2) is 0 Å². The lowest BCUT2D eigenvalue weighted by Crippen LogP contribution is -2.42. The van der Waals surface area contributed by atoms with Crippen LogP contribution in [0.2, 0.25) is 18.1 Å². The fraction of sp³-hybridized carbons (Fsp3) is 0.429. The minimum atomic E-state index is -2.01. The van der Waals surface area contributed by atoms with Gasteiger partial charge in [0.05, 0.1) is 25.7 Å². The van der Waals surface area contributed by atoms with Gasteiger partial charge in [0.2, 0.25) is 0 Å². The van der Waals surface area contributed by atoms with Crippen LogP contribution >= 0.6 is 0 Å². The summed E-state index contributed by atoms with van der Waals surface area (Å²) in [6.07, 6.45) is 1.60. The van der Waals surface area contributed by atoms with E-state index in [0.717, 1.165) is 34.9 Å². The molecule has 0 aliphatic heterocycles. The van der Waals surface area contributed by atoms with Gasteiger partial charge in [-0.3, -0.25) is 0 Å². The van der Waals surface area contributed by atoms with Crippen LogP contribution in [0.15, 0.2) is 42.5 Å². The van der Waals surface area contributed by atoms with Crippen molar-refractivity contribution < 1.29 is 24.1 Å². The normalized spacial score (nSPS) is 18.6. The van der Waals surface area contributed by atoms with E-state index in [1.807, 2.05) is 18.2 Å². The van der Waals surface area contributed by atoms with Gasteiger partial charge in [-0.05, 0) is 66.4 Å². The summed E-state index contributed by atoms with van der Waals surface area (Å²) in [5, 5.41) is 23.3. The largest absolute Gasteiger partial charge is 0.508 e. The molecule has 1 aliphatic rings. The van der Waals surface area contributed by atoms with Crippen LogP contribution in [0.25, 0.3) is 10.8 Å². The fourth-order valence-electron chi connectivity index (χ4n) is 4.89. The predicted molar refractivity (Wildman–Crippen MR) is 139 cm³/mol. The molecule has 2 atom stereocenters. The molecule has 0 spiro atoms. The van der Waals surface area contributed by atoms with Gasteiger partial charge in [0.1, 0.15) is 23.0 Å².